The van der Waals surface area contributed by atoms with E-state index in [0.29, 0.717) is 12.0 Å². The molecule has 2 nitrogen and oxygen atoms in total. The highest BCUT2D eigenvalue weighted by atomic mass is 32.2. The smallest absolute Gasteiger partial charge is 0.157 e. The van der Waals surface area contributed by atoms with Crippen molar-refractivity contribution in [2.75, 3.05) is 5.75 Å². The Labute approximate surface area is 90.9 Å². The minimum absolute atomic E-state index is 0.554. The molecule has 1 unspecified atom stereocenters. The molecule has 0 bridgehead atoms. The number of nitrogens with zero attached hydrogens (tertiary/aromatic N) is 1. The van der Waals surface area contributed by atoms with E-state index in [0.717, 1.165) is 6.04 Å². The van der Waals surface area contributed by atoms with Crippen molar-refractivity contribution < 1.29 is 0 Å². The van der Waals surface area contributed by atoms with E-state index in [1.165, 1.54) is 36.6 Å². The lowest BCUT2D eigenvalue weighted by Crippen LogP contribution is -2.40. The van der Waals surface area contributed by atoms with Crippen molar-refractivity contribution in [2.24, 2.45) is 10.9 Å². The Hall–Kier alpha value is -0.180. The standard InChI is InChI=1S/C11H20N2S/c1-8(2)10-6-7-14-11(13-10)12-9-4-3-5-9/h8-10H,3-7H2,1-2H3,(H,12,13). The highest BCUT2D eigenvalue weighted by Crippen LogP contribution is 2.24. The highest BCUT2D eigenvalue weighted by molar-refractivity contribution is 8.13. The summed E-state index contributed by atoms with van der Waals surface area (Å²) < 4.78 is 0. The van der Waals surface area contributed by atoms with E-state index in [1.807, 2.05) is 11.8 Å². The van der Waals surface area contributed by atoms with E-state index < -0.39 is 0 Å². The van der Waals surface area contributed by atoms with Gasteiger partial charge in [0.2, 0.25) is 0 Å². The quantitative estimate of drug-likeness (QED) is 0.761. The Kier molecular flexibility index (Phi) is 3.37. The van der Waals surface area contributed by atoms with Crippen LogP contribution in [0, 0.1) is 5.92 Å². The first-order chi connectivity index (χ1) is 6.75. The topological polar surface area (TPSA) is 24.4 Å². The first kappa shape index (κ1) is 10.3. The SMILES string of the molecule is CC(C)C1CCSC(NC2CCC2)=N1. The van der Waals surface area contributed by atoms with Gasteiger partial charge in [-0.1, -0.05) is 25.6 Å². The minimum Gasteiger partial charge on any atom is -0.362 e. The van der Waals surface area contributed by atoms with Gasteiger partial charge in [0, 0.05) is 11.8 Å². The number of rotatable bonds is 2. The van der Waals surface area contributed by atoms with Crippen molar-refractivity contribution in [3.8, 4) is 0 Å². The molecule has 2 aliphatic rings. The van der Waals surface area contributed by atoms with Gasteiger partial charge < -0.3 is 5.32 Å². The Balaban J connectivity index is 1.89. The molecular weight excluding hydrogens is 192 g/mol. The van der Waals surface area contributed by atoms with E-state index >= 15 is 0 Å². The molecule has 1 N–H and O–H groups in total. The summed E-state index contributed by atoms with van der Waals surface area (Å²) in [5.74, 6) is 1.93. The molecule has 3 heteroatoms. The zero-order chi connectivity index (χ0) is 9.97. The number of nitrogens with one attached hydrogen (secondary N) is 1. The largest absolute Gasteiger partial charge is 0.362 e. The second-order valence-corrected chi connectivity index (χ2v) is 5.74. The summed E-state index contributed by atoms with van der Waals surface area (Å²) in [6.07, 6.45) is 5.32. The molecule has 0 amide bonds. The van der Waals surface area contributed by atoms with Crippen LogP contribution < -0.4 is 5.32 Å². The molecular formula is C11H20N2S. The summed E-state index contributed by atoms with van der Waals surface area (Å²) in [7, 11) is 0. The van der Waals surface area contributed by atoms with Crippen LogP contribution in [0.15, 0.2) is 4.99 Å². The monoisotopic (exact) mass is 212 g/mol. The lowest BCUT2D eigenvalue weighted by molar-refractivity contribution is 0.383. The second kappa shape index (κ2) is 4.56. The summed E-state index contributed by atoms with van der Waals surface area (Å²) in [4.78, 5) is 4.77. The van der Waals surface area contributed by atoms with Crippen molar-refractivity contribution in [1.29, 1.82) is 0 Å². The maximum Gasteiger partial charge on any atom is 0.157 e. The van der Waals surface area contributed by atoms with Gasteiger partial charge in [-0.05, 0) is 31.6 Å². The molecule has 0 saturated heterocycles. The van der Waals surface area contributed by atoms with Gasteiger partial charge in [0.1, 0.15) is 0 Å². The Morgan fingerprint density at radius 3 is 2.71 bits per heavy atom. The molecule has 80 valence electrons. The fraction of sp³-hybridized carbons (Fsp3) is 0.909. The van der Waals surface area contributed by atoms with Gasteiger partial charge in [-0.3, -0.25) is 4.99 Å². The Bertz CT molecular complexity index is 221. The molecule has 1 heterocycles. The predicted molar refractivity (Wildman–Crippen MR) is 63.9 cm³/mol. The average molecular weight is 212 g/mol. The third-order valence-electron chi connectivity index (χ3n) is 3.14. The fourth-order valence-electron chi connectivity index (χ4n) is 1.82. The van der Waals surface area contributed by atoms with E-state index in [-0.39, 0.29) is 0 Å². The summed E-state index contributed by atoms with van der Waals surface area (Å²) in [5, 5.41) is 4.76. The molecule has 0 aromatic carbocycles. The maximum atomic E-state index is 4.77. The normalized spacial score (nSPS) is 28.5. The van der Waals surface area contributed by atoms with Gasteiger partial charge in [-0.2, -0.15) is 0 Å². The van der Waals surface area contributed by atoms with Crippen LogP contribution in [0.5, 0.6) is 0 Å². The lowest BCUT2D eigenvalue weighted by Gasteiger charge is -2.30. The number of amidine groups is 1. The maximum absolute atomic E-state index is 4.77. The Morgan fingerprint density at radius 2 is 2.14 bits per heavy atom. The zero-order valence-electron chi connectivity index (χ0n) is 9.12. The van der Waals surface area contributed by atoms with Crippen LogP contribution in [0.3, 0.4) is 0 Å². The molecule has 1 fully saturated rings. The summed E-state index contributed by atoms with van der Waals surface area (Å²) in [5.41, 5.74) is 0. The van der Waals surface area contributed by atoms with Crippen LogP contribution >= 0.6 is 11.8 Å². The molecule has 0 spiro atoms. The lowest BCUT2D eigenvalue weighted by atomic mass is 9.93. The van der Waals surface area contributed by atoms with Crippen molar-refractivity contribution in [1.82, 2.24) is 5.32 Å². The van der Waals surface area contributed by atoms with E-state index in [9.17, 15) is 0 Å². The average Bonchev–Trinajstić information content (AvgIpc) is 2.12. The van der Waals surface area contributed by atoms with Crippen molar-refractivity contribution in [2.45, 2.75) is 51.6 Å². The number of hydrogen-bond acceptors (Lipinski definition) is 3. The van der Waals surface area contributed by atoms with Crippen LogP contribution in [-0.4, -0.2) is 23.0 Å². The van der Waals surface area contributed by atoms with Crippen LogP contribution in [-0.2, 0) is 0 Å². The molecule has 2 rings (SSSR count). The van der Waals surface area contributed by atoms with Gasteiger partial charge in [-0.15, -0.1) is 0 Å². The minimum atomic E-state index is 0.554. The summed E-state index contributed by atoms with van der Waals surface area (Å²) in [6.45, 7) is 4.54. The number of thioether (sulfide) groups is 1. The van der Waals surface area contributed by atoms with E-state index in [4.69, 9.17) is 4.99 Å². The van der Waals surface area contributed by atoms with Crippen LogP contribution in [0.1, 0.15) is 39.5 Å². The van der Waals surface area contributed by atoms with Crippen LogP contribution in [0.4, 0.5) is 0 Å². The molecule has 14 heavy (non-hydrogen) atoms. The predicted octanol–water partition coefficient (Wildman–Crippen LogP) is 2.65. The first-order valence-electron chi connectivity index (χ1n) is 5.73. The number of hydrogen-bond donors (Lipinski definition) is 1. The molecule has 1 saturated carbocycles. The Morgan fingerprint density at radius 1 is 1.36 bits per heavy atom. The molecule has 1 atom stereocenters. The molecule has 0 aromatic heterocycles. The summed E-state index contributed by atoms with van der Waals surface area (Å²) >= 11 is 1.90. The molecule has 0 aromatic rings. The van der Waals surface area contributed by atoms with Crippen molar-refractivity contribution >= 4 is 16.9 Å². The molecule has 1 aliphatic carbocycles. The van der Waals surface area contributed by atoms with Gasteiger partial charge in [0.15, 0.2) is 5.17 Å². The second-order valence-electron chi connectivity index (χ2n) is 4.65. The third-order valence-corrected chi connectivity index (χ3v) is 4.07. The van der Waals surface area contributed by atoms with Crippen LogP contribution in [0.2, 0.25) is 0 Å². The number of aliphatic imine (C=N–C) groups is 1. The molecule has 0 radical (unpaired) electrons. The van der Waals surface area contributed by atoms with Crippen molar-refractivity contribution in [3.63, 3.8) is 0 Å². The van der Waals surface area contributed by atoms with Gasteiger partial charge in [0.25, 0.3) is 0 Å². The fourth-order valence-corrected chi connectivity index (χ4v) is 2.83. The van der Waals surface area contributed by atoms with Gasteiger partial charge in [0.05, 0.1) is 6.04 Å². The molecule has 1 aliphatic heterocycles. The van der Waals surface area contributed by atoms with Gasteiger partial charge in [-0.25, -0.2) is 0 Å². The highest BCUT2D eigenvalue weighted by Gasteiger charge is 2.22. The van der Waals surface area contributed by atoms with E-state index in [2.05, 4.69) is 19.2 Å². The third kappa shape index (κ3) is 2.44. The first-order valence-corrected chi connectivity index (χ1v) is 6.71. The van der Waals surface area contributed by atoms with Crippen LogP contribution in [0.25, 0.3) is 0 Å². The van der Waals surface area contributed by atoms with Gasteiger partial charge >= 0.3 is 0 Å². The van der Waals surface area contributed by atoms with E-state index in [1.54, 1.807) is 0 Å². The van der Waals surface area contributed by atoms with Crippen molar-refractivity contribution in [3.05, 3.63) is 0 Å². The zero-order valence-corrected chi connectivity index (χ0v) is 9.94. The summed E-state index contributed by atoms with van der Waals surface area (Å²) in [6, 6.07) is 1.28.